The smallest absolute Gasteiger partial charge is 0.343 e. The van der Waals surface area contributed by atoms with E-state index in [1.54, 1.807) is 36.5 Å². The summed E-state index contributed by atoms with van der Waals surface area (Å²) in [7, 11) is 0. The molecule has 0 saturated heterocycles. The van der Waals surface area contributed by atoms with Gasteiger partial charge < -0.3 is 4.74 Å². The molecule has 3 aromatic carbocycles. The van der Waals surface area contributed by atoms with Crippen molar-refractivity contribution in [1.29, 1.82) is 0 Å². The van der Waals surface area contributed by atoms with Gasteiger partial charge in [0.25, 0.3) is 0 Å². The molecule has 190 valence electrons. The number of unbranched alkanes of at least 4 members (excludes halogenated alkanes) is 8. The zero-order chi connectivity index (χ0) is 25.6. The van der Waals surface area contributed by atoms with Gasteiger partial charge in [-0.3, -0.25) is 4.79 Å². The number of hydrazone groups is 1. The molecule has 0 unspecified atom stereocenters. The number of nitrogens with zero attached hydrogens (tertiary/aromatic N) is 1. The van der Waals surface area contributed by atoms with E-state index in [2.05, 4.69) is 17.5 Å². The van der Waals surface area contributed by atoms with Crippen molar-refractivity contribution < 1.29 is 14.3 Å². The van der Waals surface area contributed by atoms with Crippen molar-refractivity contribution in [2.45, 2.75) is 71.1 Å². The molecule has 0 spiro atoms. The van der Waals surface area contributed by atoms with E-state index in [1.165, 1.54) is 44.9 Å². The standard InChI is InChI=1S/C30H35ClN2O3/c1-2-3-4-5-6-7-8-9-10-15-29(34)33-32-22-27-26-14-12-11-13-23(26)18-21-28(27)36-30(35)24-16-19-25(31)20-17-24/h11-14,16-22H,2-10,15H2,1H3,(H,33,34). The Bertz CT molecular complexity index is 1160. The zero-order valence-electron chi connectivity index (χ0n) is 21.0. The predicted octanol–water partition coefficient (Wildman–Crippen LogP) is 8.08. The summed E-state index contributed by atoms with van der Waals surface area (Å²) >= 11 is 5.92. The van der Waals surface area contributed by atoms with E-state index in [-0.39, 0.29) is 5.91 Å². The normalized spacial score (nSPS) is 11.2. The van der Waals surface area contributed by atoms with Crippen molar-refractivity contribution in [1.82, 2.24) is 5.43 Å². The molecule has 36 heavy (non-hydrogen) atoms. The number of hydrogen-bond donors (Lipinski definition) is 1. The van der Waals surface area contributed by atoms with Crippen LogP contribution in [0.2, 0.25) is 5.02 Å². The van der Waals surface area contributed by atoms with Gasteiger partial charge in [0, 0.05) is 17.0 Å². The Morgan fingerprint density at radius 3 is 2.25 bits per heavy atom. The number of ether oxygens (including phenoxy) is 1. The van der Waals surface area contributed by atoms with Crippen LogP contribution in [0.15, 0.2) is 65.8 Å². The Kier molecular flexibility index (Phi) is 11.5. The van der Waals surface area contributed by atoms with Gasteiger partial charge in [-0.2, -0.15) is 5.10 Å². The Hall–Kier alpha value is -3.18. The fourth-order valence-electron chi connectivity index (χ4n) is 4.06. The third-order valence-electron chi connectivity index (χ3n) is 6.10. The van der Waals surface area contributed by atoms with Crippen LogP contribution in [-0.2, 0) is 4.79 Å². The average Bonchev–Trinajstić information content (AvgIpc) is 2.89. The van der Waals surface area contributed by atoms with E-state index in [0.29, 0.717) is 28.3 Å². The molecular weight excluding hydrogens is 472 g/mol. The summed E-state index contributed by atoms with van der Waals surface area (Å²) in [6.45, 7) is 2.23. The van der Waals surface area contributed by atoms with E-state index >= 15 is 0 Å². The van der Waals surface area contributed by atoms with Crippen molar-refractivity contribution >= 4 is 40.5 Å². The molecule has 1 amide bonds. The van der Waals surface area contributed by atoms with Crippen LogP contribution in [0, 0.1) is 0 Å². The number of esters is 1. The van der Waals surface area contributed by atoms with Crippen molar-refractivity contribution in [3.05, 3.63) is 76.8 Å². The summed E-state index contributed by atoms with van der Waals surface area (Å²) in [6, 6.07) is 17.9. The summed E-state index contributed by atoms with van der Waals surface area (Å²) < 4.78 is 5.68. The van der Waals surface area contributed by atoms with E-state index in [4.69, 9.17) is 16.3 Å². The Morgan fingerprint density at radius 1 is 0.861 bits per heavy atom. The Morgan fingerprint density at radius 2 is 1.53 bits per heavy atom. The first kappa shape index (κ1) is 27.4. The molecule has 0 aliphatic rings. The first-order chi connectivity index (χ1) is 17.6. The second-order valence-corrected chi connectivity index (χ2v) is 9.40. The number of amides is 1. The first-order valence-electron chi connectivity index (χ1n) is 12.9. The highest BCUT2D eigenvalue weighted by molar-refractivity contribution is 6.30. The van der Waals surface area contributed by atoms with Crippen molar-refractivity contribution in [3.63, 3.8) is 0 Å². The highest BCUT2D eigenvalue weighted by Crippen LogP contribution is 2.27. The number of halogens is 1. The fourth-order valence-corrected chi connectivity index (χ4v) is 4.19. The van der Waals surface area contributed by atoms with E-state index < -0.39 is 5.97 Å². The van der Waals surface area contributed by atoms with E-state index in [1.807, 2.05) is 30.3 Å². The van der Waals surface area contributed by atoms with Gasteiger partial charge in [0.15, 0.2) is 0 Å². The van der Waals surface area contributed by atoms with Crippen molar-refractivity contribution in [2.24, 2.45) is 5.10 Å². The SMILES string of the molecule is CCCCCCCCCCCC(=O)NN=Cc1c(OC(=O)c2ccc(Cl)cc2)ccc2ccccc12. The molecule has 0 aliphatic heterocycles. The van der Waals surface area contributed by atoms with Crippen LogP contribution in [0.3, 0.4) is 0 Å². The van der Waals surface area contributed by atoms with Crippen LogP contribution in [0.25, 0.3) is 10.8 Å². The second kappa shape index (κ2) is 15.0. The molecule has 0 heterocycles. The summed E-state index contributed by atoms with van der Waals surface area (Å²) in [5, 5.41) is 6.56. The predicted molar refractivity (Wildman–Crippen MR) is 148 cm³/mol. The minimum Gasteiger partial charge on any atom is -0.422 e. The monoisotopic (exact) mass is 506 g/mol. The lowest BCUT2D eigenvalue weighted by molar-refractivity contribution is -0.121. The van der Waals surface area contributed by atoms with Gasteiger partial charge in [0.2, 0.25) is 5.91 Å². The lowest BCUT2D eigenvalue weighted by Crippen LogP contribution is -2.17. The molecule has 0 aliphatic carbocycles. The largest absolute Gasteiger partial charge is 0.422 e. The molecule has 1 N–H and O–H groups in total. The molecule has 6 heteroatoms. The highest BCUT2D eigenvalue weighted by atomic mass is 35.5. The average molecular weight is 507 g/mol. The van der Waals surface area contributed by atoms with E-state index in [9.17, 15) is 9.59 Å². The van der Waals surface area contributed by atoms with E-state index in [0.717, 1.165) is 23.6 Å². The maximum Gasteiger partial charge on any atom is 0.343 e. The topological polar surface area (TPSA) is 67.8 Å². The van der Waals surface area contributed by atoms with Crippen molar-refractivity contribution in [2.75, 3.05) is 0 Å². The van der Waals surface area contributed by atoms with Crippen LogP contribution < -0.4 is 10.2 Å². The molecule has 0 atom stereocenters. The lowest BCUT2D eigenvalue weighted by Gasteiger charge is -2.10. The van der Waals surface area contributed by atoms with Gasteiger partial charge in [0.05, 0.1) is 11.8 Å². The maximum absolute atomic E-state index is 12.7. The third kappa shape index (κ3) is 8.80. The van der Waals surface area contributed by atoms with Gasteiger partial charge >= 0.3 is 5.97 Å². The summed E-state index contributed by atoms with van der Waals surface area (Å²) in [5.74, 6) is -0.245. The minimum atomic E-state index is -0.494. The maximum atomic E-state index is 12.7. The van der Waals surface area contributed by atoms with Crippen LogP contribution in [-0.4, -0.2) is 18.1 Å². The van der Waals surface area contributed by atoms with Gasteiger partial charge in [-0.15, -0.1) is 0 Å². The number of benzene rings is 3. The number of nitrogens with one attached hydrogen (secondary N) is 1. The summed E-state index contributed by atoms with van der Waals surface area (Å²) in [4.78, 5) is 24.9. The minimum absolute atomic E-state index is 0.117. The number of rotatable bonds is 14. The fraction of sp³-hybridized carbons (Fsp3) is 0.367. The zero-order valence-corrected chi connectivity index (χ0v) is 21.7. The molecule has 0 fully saturated rings. The molecule has 0 saturated carbocycles. The second-order valence-electron chi connectivity index (χ2n) is 8.97. The van der Waals surface area contributed by atoms with Crippen LogP contribution in [0.5, 0.6) is 5.75 Å². The number of carbonyl (C=O) groups excluding carboxylic acids is 2. The molecule has 3 rings (SSSR count). The van der Waals surface area contributed by atoms with Crippen LogP contribution >= 0.6 is 11.6 Å². The molecular formula is C30H35ClN2O3. The van der Waals surface area contributed by atoms with Gasteiger partial charge in [-0.1, -0.05) is 100 Å². The van der Waals surface area contributed by atoms with Gasteiger partial charge in [-0.25, -0.2) is 10.2 Å². The molecule has 0 radical (unpaired) electrons. The summed E-state index contributed by atoms with van der Waals surface area (Å²) in [6.07, 6.45) is 12.8. The highest BCUT2D eigenvalue weighted by Gasteiger charge is 2.13. The Balaban J connectivity index is 1.56. The first-order valence-corrected chi connectivity index (χ1v) is 13.3. The van der Waals surface area contributed by atoms with Crippen LogP contribution in [0.4, 0.5) is 0 Å². The van der Waals surface area contributed by atoms with Crippen molar-refractivity contribution in [3.8, 4) is 5.75 Å². The van der Waals surface area contributed by atoms with Crippen LogP contribution in [0.1, 0.15) is 87.1 Å². The lowest BCUT2D eigenvalue weighted by atomic mass is 10.0. The number of fused-ring (bicyclic) bond motifs is 1. The molecule has 5 nitrogen and oxygen atoms in total. The number of hydrogen-bond acceptors (Lipinski definition) is 4. The Labute approximate surface area is 218 Å². The third-order valence-corrected chi connectivity index (χ3v) is 6.36. The van der Waals surface area contributed by atoms with Gasteiger partial charge in [0.1, 0.15) is 5.75 Å². The molecule has 3 aromatic rings. The number of carbonyl (C=O) groups is 2. The quantitative estimate of drug-likeness (QED) is 0.0789. The summed E-state index contributed by atoms with van der Waals surface area (Å²) in [5.41, 5.74) is 3.63. The molecule has 0 aromatic heterocycles. The molecule has 0 bridgehead atoms. The van der Waals surface area contributed by atoms with Gasteiger partial charge in [-0.05, 0) is 47.5 Å².